The smallest absolute Gasteiger partial charge is 0.231 e. The Labute approximate surface area is 87.8 Å². The zero-order valence-electron chi connectivity index (χ0n) is 8.49. The highest BCUT2D eigenvalue weighted by molar-refractivity contribution is 5.92. The number of carbonyl (C=O) groups is 1. The second kappa shape index (κ2) is 4.27. The SMILES string of the molecule is COc1ccc(NC(=O)C2CNC2)nc1. The van der Waals surface area contributed by atoms with Crippen LogP contribution in [-0.2, 0) is 4.79 Å². The van der Waals surface area contributed by atoms with E-state index in [-0.39, 0.29) is 11.8 Å². The summed E-state index contributed by atoms with van der Waals surface area (Å²) in [6, 6.07) is 3.49. The van der Waals surface area contributed by atoms with Crippen LogP contribution in [-0.4, -0.2) is 31.1 Å². The number of hydrogen-bond acceptors (Lipinski definition) is 4. The topological polar surface area (TPSA) is 63.2 Å². The molecule has 15 heavy (non-hydrogen) atoms. The van der Waals surface area contributed by atoms with Gasteiger partial charge in [-0.1, -0.05) is 0 Å². The summed E-state index contributed by atoms with van der Waals surface area (Å²) >= 11 is 0. The van der Waals surface area contributed by atoms with Gasteiger partial charge in [0.15, 0.2) is 0 Å². The number of pyridine rings is 1. The molecule has 0 radical (unpaired) electrons. The number of nitrogens with zero attached hydrogens (tertiary/aromatic N) is 1. The van der Waals surface area contributed by atoms with Crippen LogP contribution in [0.5, 0.6) is 5.75 Å². The first kappa shape index (κ1) is 9.92. The fourth-order valence-corrected chi connectivity index (χ4v) is 1.28. The molecule has 0 aromatic carbocycles. The lowest BCUT2D eigenvalue weighted by Gasteiger charge is -2.25. The van der Waals surface area contributed by atoms with E-state index in [1.54, 1.807) is 25.4 Å². The molecule has 1 aliphatic rings. The molecule has 1 aromatic heterocycles. The van der Waals surface area contributed by atoms with Crippen LogP contribution < -0.4 is 15.4 Å². The van der Waals surface area contributed by atoms with Gasteiger partial charge in [0.2, 0.25) is 5.91 Å². The van der Waals surface area contributed by atoms with Crippen molar-refractivity contribution in [1.29, 1.82) is 0 Å². The number of amides is 1. The standard InChI is InChI=1S/C10H13N3O2/c1-15-8-2-3-9(12-6-8)13-10(14)7-4-11-5-7/h2-3,6-7,11H,4-5H2,1H3,(H,12,13,14). The molecule has 2 rings (SSSR count). The molecule has 80 valence electrons. The first-order valence-electron chi connectivity index (χ1n) is 4.81. The number of nitrogens with one attached hydrogen (secondary N) is 2. The van der Waals surface area contributed by atoms with E-state index in [4.69, 9.17) is 4.74 Å². The number of methoxy groups -OCH3 is 1. The van der Waals surface area contributed by atoms with Crippen molar-refractivity contribution in [2.24, 2.45) is 5.92 Å². The van der Waals surface area contributed by atoms with Gasteiger partial charge in [0.1, 0.15) is 11.6 Å². The van der Waals surface area contributed by atoms with E-state index in [1.807, 2.05) is 0 Å². The van der Waals surface area contributed by atoms with Crippen LogP contribution in [0.25, 0.3) is 0 Å². The summed E-state index contributed by atoms with van der Waals surface area (Å²) in [6.07, 6.45) is 1.58. The number of aromatic nitrogens is 1. The Balaban J connectivity index is 1.94. The summed E-state index contributed by atoms with van der Waals surface area (Å²) < 4.78 is 4.97. The molecule has 1 fully saturated rings. The molecule has 0 spiro atoms. The molecule has 1 aliphatic heterocycles. The Morgan fingerprint density at radius 2 is 2.40 bits per heavy atom. The molecule has 2 N–H and O–H groups in total. The third kappa shape index (κ3) is 2.24. The maximum atomic E-state index is 11.5. The first-order chi connectivity index (χ1) is 7.29. The fraction of sp³-hybridized carbons (Fsp3) is 0.400. The molecule has 1 amide bonds. The molecule has 1 saturated heterocycles. The fourth-order valence-electron chi connectivity index (χ4n) is 1.28. The predicted octanol–water partition coefficient (Wildman–Crippen LogP) is 0.248. The average Bonchev–Trinajstić information content (AvgIpc) is 2.16. The van der Waals surface area contributed by atoms with E-state index in [9.17, 15) is 4.79 Å². The van der Waals surface area contributed by atoms with Crippen molar-refractivity contribution in [3.63, 3.8) is 0 Å². The highest BCUT2D eigenvalue weighted by Crippen LogP contribution is 2.12. The van der Waals surface area contributed by atoms with Crippen LogP contribution in [0.1, 0.15) is 0 Å². The molecule has 0 aliphatic carbocycles. The summed E-state index contributed by atoms with van der Waals surface area (Å²) in [5, 5.41) is 5.79. The Morgan fingerprint density at radius 1 is 1.60 bits per heavy atom. The monoisotopic (exact) mass is 207 g/mol. The quantitative estimate of drug-likeness (QED) is 0.745. The van der Waals surface area contributed by atoms with Gasteiger partial charge in [0.05, 0.1) is 19.2 Å². The van der Waals surface area contributed by atoms with Crippen molar-refractivity contribution < 1.29 is 9.53 Å². The van der Waals surface area contributed by atoms with Crippen LogP contribution in [0.3, 0.4) is 0 Å². The zero-order valence-corrected chi connectivity index (χ0v) is 8.49. The summed E-state index contributed by atoms with van der Waals surface area (Å²) in [7, 11) is 1.58. The molecule has 2 heterocycles. The van der Waals surface area contributed by atoms with Crippen LogP contribution in [0.4, 0.5) is 5.82 Å². The summed E-state index contributed by atoms with van der Waals surface area (Å²) in [4.78, 5) is 15.6. The molecular weight excluding hydrogens is 194 g/mol. The third-order valence-corrected chi connectivity index (χ3v) is 2.38. The number of anilines is 1. The maximum Gasteiger partial charge on any atom is 0.231 e. The van der Waals surface area contributed by atoms with Gasteiger partial charge in [-0.05, 0) is 12.1 Å². The van der Waals surface area contributed by atoms with Gasteiger partial charge in [0.25, 0.3) is 0 Å². The van der Waals surface area contributed by atoms with Crippen LogP contribution >= 0.6 is 0 Å². The maximum absolute atomic E-state index is 11.5. The Bertz CT molecular complexity index is 346. The highest BCUT2D eigenvalue weighted by Gasteiger charge is 2.24. The third-order valence-electron chi connectivity index (χ3n) is 2.38. The molecule has 5 heteroatoms. The van der Waals surface area contributed by atoms with Crippen molar-refractivity contribution >= 4 is 11.7 Å². The number of carbonyl (C=O) groups excluding carboxylic acids is 1. The van der Waals surface area contributed by atoms with Crippen molar-refractivity contribution in [2.45, 2.75) is 0 Å². The minimum Gasteiger partial charge on any atom is -0.495 e. The Kier molecular flexibility index (Phi) is 2.82. The van der Waals surface area contributed by atoms with Gasteiger partial charge in [-0.3, -0.25) is 4.79 Å². The lowest BCUT2D eigenvalue weighted by Crippen LogP contribution is -2.48. The first-order valence-corrected chi connectivity index (χ1v) is 4.81. The predicted molar refractivity (Wildman–Crippen MR) is 55.8 cm³/mol. The molecular formula is C10H13N3O2. The normalized spacial score (nSPS) is 15.5. The Morgan fingerprint density at radius 3 is 2.87 bits per heavy atom. The molecule has 5 nitrogen and oxygen atoms in total. The van der Waals surface area contributed by atoms with Crippen LogP contribution in [0.15, 0.2) is 18.3 Å². The van der Waals surface area contributed by atoms with E-state index in [0.29, 0.717) is 11.6 Å². The van der Waals surface area contributed by atoms with Crippen molar-refractivity contribution in [3.05, 3.63) is 18.3 Å². The average molecular weight is 207 g/mol. The van der Waals surface area contributed by atoms with Gasteiger partial charge < -0.3 is 15.4 Å². The largest absolute Gasteiger partial charge is 0.495 e. The van der Waals surface area contributed by atoms with Gasteiger partial charge in [0, 0.05) is 13.1 Å². The number of ether oxygens (including phenoxy) is 1. The van der Waals surface area contributed by atoms with Gasteiger partial charge in [-0.25, -0.2) is 4.98 Å². The lowest BCUT2D eigenvalue weighted by atomic mass is 10.0. The van der Waals surface area contributed by atoms with Crippen LogP contribution in [0.2, 0.25) is 0 Å². The Hall–Kier alpha value is -1.62. The van der Waals surface area contributed by atoms with Crippen molar-refractivity contribution in [3.8, 4) is 5.75 Å². The molecule has 0 saturated carbocycles. The molecule has 0 bridgehead atoms. The van der Waals surface area contributed by atoms with Gasteiger partial charge >= 0.3 is 0 Å². The van der Waals surface area contributed by atoms with Crippen LogP contribution in [0, 0.1) is 5.92 Å². The summed E-state index contributed by atoms with van der Waals surface area (Å²) in [5.74, 6) is 1.34. The van der Waals surface area contributed by atoms with E-state index in [1.165, 1.54) is 0 Å². The summed E-state index contributed by atoms with van der Waals surface area (Å²) in [6.45, 7) is 1.50. The van der Waals surface area contributed by atoms with E-state index in [2.05, 4.69) is 15.6 Å². The van der Waals surface area contributed by atoms with Crippen molar-refractivity contribution in [1.82, 2.24) is 10.3 Å². The van der Waals surface area contributed by atoms with E-state index >= 15 is 0 Å². The minimum absolute atomic E-state index is 0.0198. The van der Waals surface area contributed by atoms with E-state index in [0.717, 1.165) is 13.1 Å². The zero-order chi connectivity index (χ0) is 10.7. The second-order valence-electron chi connectivity index (χ2n) is 3.43. The number of rotatable bonds is 3. The van der Waals surface area contributed by atoms with Gasteiger partial charge in [-0.2, -0.15) is 0 Å². The molecule has 1 aromatic rings. The second-order valence-corrected chi connectivity index (χ2v) is 3.43. The minimum atomic E-state index is 0.0198. The number of hydrogen-bond donors (Lipinski definition) is 2. The lowest BCUT2D eigenvalue weighted by molar-refractivity contribution is -0.121. The van der Waals surface area contributed by atoms with Crippen molar-refractivity contribution in [2.75, 3.05) is 25.5 Å². The summed E-state index contributed by atoms with van der Waals surface area (Å²) in [5.41, 5.74) is 0. The van der Waals surface area contributed by atoms with E-state index < -0.39 is 0 Å². The highest BCUT2D eigenvalue weighted by atomic mass is 16.5. The molecule has 0 atom stereocenters. The van der Waals surface area contributed by atoms with Gasteiger partial charge in [-0.15, -0.1) is 0 Å². The molecule has 0 unspecified atom stereocenters.